The van der Waals surface area contributed by atoms with E-state index in [-0.39, 0.29) is 11.1 Å². The molecule has 0 aliphatic rings. The Labute approximate surface area is 166 Å². The van der Waals surface area contributed by atoms with Gasteiger partial charge in [-0.25, -0.2) is 4.79 Å². The fourth-order valence-corrected chi connectivity index (χ4v) is 3.25. The molecule has 0 saturated carbocycles. The predicted molar refractivity (Wildman–Crippen MR) is 110 cm³/mol. The number of benzene rings is 3. The molecule has 0 N–H and O–H groups in total. The van der Waals surface area contributed by atoms with Gasteiger partial charge in [-0.2, -0.15) is 0 Å². The minimum Gasteiger partial charge on any atom is -0.497 e. The Bertz CT molecular complexity index is 1300. The van der Waals surface area contributed by atoms with E-state index < -0.39 is 11.4 Å². The van der Waals surface area contributed by atoms with E-state index in [2.05, 4.69) is 0 Å². The SMILES string of the molecule is COc1ccc2cc(C(=O)c3cc4c(OC)cc(OC)cc4oc3=O)ccc2c1. The van der Waals surface area contributed by atoms with Gasteiger partial charge < -0.3 is 18.6 Å². The molecule has 0 atom stereocenters. The van der Waals surface area contributed by atoms with Gasteiger partial charge in [0.15, 0.2) is 5.78 Å². The molecule has 3 aromatic carbocycles. The summed E-state index contributed by atoms with van der Waals surface area (Å²) in [4.78, 5) is 25.6. The molecule has 0 spiro atoms. The van der Waals surface area contributed by atoms with Crippen molar-refractivity contribution in [3.05, 3.63) is 76.1 Å². The van der Waals surface area contributed by atoms with E-state index in [1.807, 2.05) is 24.3 Å². The van der Waals surface area contributed by atoms with Crippen LogP contribution in [0.2, 0.25) is 0 Å². The van der Waals surface area contributed by atoms with Crippen LogP contribution in [0.4, 0.5) is 0 Å². The second-order valence-corrected chi connectivity index (χ2v) is 6.45. The number of rotatable bonds is 5. The van der Waals surface area contributed by atoms with E-state index in [4.69, 9.17) is 18.6 Å². The van der Waals surface area contributed by atoms with Gasteiger partial charge in [0.2, 0.25) is 0 Å². The van der Waals surface area contributed by atoms with E-state index in [1.165, 1.54) is 20.3 Å². The molecule has 6 heteroatoms. The maximum absolute atomic E-state index is 13.1. The van der Waals surface area contributed by atoms with Crippen LogP contribution in [0.25, 0.3) is 21.7 Å². The molecule has 1 heterocycles. The molecule has 0 bridgehead atoms. The molecule has 0 aliphatic heterocycles. The summed E-state index contributed by atoms with van der Waals surface area (Å²) in [5.74, 6) is 1.25. The van der Waals surface area contributed by atoms with Crippen molar-refractivity contribution in [3.63, 3.8) is 0 Å². The fraction of sp³-hybridized carbons (Fsp3) is 0.130. The zero-order valence-corrected chi connectivity index (χ0v) is 16.1. The highest BCUT2D eigenvalue weighted by Gasteiger charge is 2.18. The standard InChI is InChI=1S/C23H18O6/c1-26-16-7-6-13-8-15(5-4-14(13)9-16)22(24)19-12-18-20(28-3)10-17(27-2)11-21(18)29-23(19)25/h4-12H,1-3H3. The first-order valence-corrected chi connectivity index (χ1v) is 8.86. The summed E-state index contributed by atoms with van der Waals surface area (Å²) in [5.41, 5.74) is -0.100. The Kier molecular flexibility index (Phi) is 4.68. The summed E-state index contributed by atoms with van der Waals surface area (Å²) in [5, 5.41) is 2.31. The minimum atomic E-state index is -0.715. The maximum Gasteiger partial charge on any atom is 0.347 e. The number of ether oxygens (including phenoxy) is 3. The van der Waals surface area contributed by atoms with Crippen molar-refractivity contribution in [2.45, 2.75) is 0 Å². The molecule has 4 rings (SSSR count). The molecule has 146 valence electrons. The van der Waals surface area contributed by atoms with Crippen LogP contribution >= 0.6 is 0 Å². The van der Waals surface area contributed by atoms with Gasteiger partial charge in [-0.1, -0.05) is 18.2 Å². The van der Waals surface area contributed by atoms with Crippen molar-refractivity contribution in [1.82, 2.24) is 0 Å². The number of ketones is 1. The monoisotopic (exact) mass is 390 g/mol. The van der Waals surface area contributed by atoms with Gasteiger partial charge in [-0.15, -0.1) is 0 Å². The highest BCUT2D eigenvalue weighted by Crippen LogP contribution is 2.31. The van der Waals surface area contributed by atoms with E-state index in [1.54, 1.807) is 31.4 Å². The number of hydrogen-bond donors (Lipinski definition) is 0. The first kappa shape index (κ1) is 18.6. The summed E-state index contributed by atoms with van der Waals surface area (Å²) in [6.07, 6.45) is 0. The van der Waals surface area contributed by atoms with Crippen LogP contribution < -0.4 is 19.8 Å². The lowest BCUT2D eigenvalue weighted by molar-refractivity contribution is 0.103. The largest absolute Gasteiger partial charge is 0.497 e. The topological polar surface area (TPSA) is 75.0 Å². The Morgan fingerprint density at radius 3 is 2.24 bits per heavy atom. The van der Waals surface area contributed by atoms with Crippen LogP contribution in [0.5, 0.6) is 17.2 Å². The van der Waals surface area contributed by atoms with Gasteiger partial charge in [-0.05, 0) is 35.0 Å². The second kappa shape index (κ2) is 7.31. The zero-order chi connectivity index (χ0) is 20.5. The minimum absolute atomic E-state index is 0.0613. The van der Waals surface area contributed by atoms with Crippen LogP contribution in [0.15, 0.2) is 63.8 Å². The van der Waals surface area contributed by atoms with Crippen LogP contribution in [-0.4, -0.2) is 27.1 Å². The fourth-order valence-electron chi connectivity index (χ4n) is 3.25. The summed E-state index contributed by atoms with van der Waals surface area (Å²) < 4.78 is 21.2. The Hall–Kier alpha value is -3.80. The van der Waals surface area contributed by atoms with Crippen molar-refractivity contribution in [3.8, 4) is 17.2 Å². The smallest absolute Gasteiger partial charge is 0.347 e. The lowest BCUT2D eigenvalue weighted by atomic mass is 10.00. The normalized spacial score (nSPS) is 10.9. The number of carbonyl (C=O) groups excluding carboxylic acids is 1. The summed E-state index contributed by atoms with van der Waals surface area (Å²) in [7, 11) is 4.60. The summed E-state index contributed by atoms with van der Waals surface area (Å²) >= 11 is 0. The first-order chi connectivity index (χ1) is 14.0. The van der Waals surface area contributed by atoms with Crippen molar-refractivity contribution in [2.75, 3.05) is 21.3 Å². The highest BCUT2D eigenvalue weighted by molar-refractivity contribution is 6.11. The molecular formula is C23H18O6. The van der Waals surface area contributed by atoms with Crippen molar-refractivity contribution in [2.24, 2.45) is 0 Å². The lowest BCUT2D eigenvalue weighted by Gasteiger charge is -2.09. The molecule has 1 aromatic heterocycles. The molecule has 0 aliphatic carbocycles. The van der Waals surface area contributed by atoms with Gasteiger partial charge in [0, 0.05) is 17.7 Å². The molecule has 0 saturated heterocycles. The maximum atomic E-state index is 13.1. The molecule has 29 heavy (non-hydrogen) atoms. The molecular weight excluding hydrogens is 372 g/mol. The van der Waals surface area contributed by atoms with Gasteiger partial charge >= 0.3 is 5.63 Å². The third-order valence-electron chi connectivity index (χ3n) is 4.80. The first-order valence-electron chi connectivity index (χ1n) is 8.86. The zero-order valence-electron chi connectivity index (χ0n) is 16.1. The average molecular weight is 390 g/mol. The van der Waals surface area contributed by atoms with Gasteiger partial charge in [-0.3, -0.25) is 4.79 Å². The highest BCUT2D eigenvalue weighted by atomic mass is 16.5. The van der Waals surface area contributed by atoms with E-state index >= 15 is 0 Å². The van der Waals surface area contributed by atoms with E-state index in [0.717, 1.165) is 16.5 Å². The molecule has 0 radical (unpaired) electrons. The summed E-state index contributed by atoms with van der Waals surface area (Å²) in [6.45, 7) is 0. The number of hydrogen-bond acceptors (Lipinski definition) is 6. The Morgan fingerprint density at radius 1 is 0.793 bits per heavy atom. The quantitative estimate of drug-likeness (QED) is 0.375. The lowest BCUT2D eigenvalue weighted by Crippen LogP contribution is -2.15. The van der Waals surface area contributed by atoms with Crippen LogP contribution in [0, 0.1) is 0 Å². The number of fused-ring (bicyclic) bond motifs is 2. The predicted octanol–water partition coefficient (Wildman–Crippen LogP) is 4.20. The van der Waals surface area contributed by atoms with E-state index in [9.17, 15) is 9.59 Å². The molecule has 0 amide bonds. The average Bonchev–Trinajstić information content (AvgIpc) is 2.76. The van der Waals surface area contributed by atoms with Gasteiger partial charge in [0.1, 0.15) is 28.4 Å². The molecule has 4 aromatic rings. The van der Waals surface area contributed by atoms with Crippen LogP contribution in [0.3, 0.4) is 0 Å². The van der Waals surface area contributed by atoms with Crippen molar-refractivity contribution >= 4 is 27.5 Å². The van der Waals surface area contributed by atoms with Crippen LogP contribution in [0.1, 0.15) is 15.9 Å². The van der Waals surface area contributed by atoms with Crippen molar-refractivity contribution < 1.29 is 23.4 Å². The third kappa shape index (κ3) is 3.29. The van der Waals surface area contributed by atoms with Crippen LogP contribution in [-0.2, 0) is 0 Å². The number of methoxy groups -OCH3 is 3. The second-order valence-electron chi connectivity index (χ2n) is 6.45. The van der Waals surface area contributed by atoms with Gasteiger partial charge in [0.05, 0.1) is 26.7 Å². The molecule has 6 nitrogen and oxygen atoms in total. The molecule has 0 fully saturated rings. The van der Waals surface area contributed by atoms with E-state index in [0.29, 0.717) is 22.4 Å². The van der Waals surface area contributed by atoms with Crippen molar-refractivity contribution in [1.29, 1.82) is 0 Å². The summed E-state index contributed by atoms with van der Waals surface area (Å²) in [6, 6.07) is 15.6. The Balaban J connectivity index is 1.83. The number of carbonyl (C=O) groups is 1. The Morgan fingerprint density at radius 2 is 1.52 bits per heavy atom. The van der Waals surface area contributed by atoms with Gasteiger partial charge in [0.25, 0.3) is 0 Å². The molecule has 0 unspecified atom stereocenters. The third-order valence-corrected chi connectivity index (χ3v) is 4.80.